The molecule has 0 unspecified atom stereocenters. The Bertz CT molecular complexity index is 406. The van der Waals surface area contributed by atoms with Gasteiger partial charge in [-0.3, -0.25) is 0 Å². The number of nitrogens with one attached hydrogen (secondary N) is 2. The normalized spacial score (nSPS) is 11.0. The molecule has 0 heterocycles. The van der Waals surface area contributed by atoms with Crippen LogP contribution in [-0.2, 0) is 6.18 Å². The summed E-state index contributed by atoms with van der Waals surface area (Å²) in [6.07, 6.45) is -4.49. The molecule has 1 aromatic rings. The van der Waals surface area contributed by atoms with Crippen LogP contribution in [0.1, 0.15) is 5.56 Å². The number of benzene rings is 1. The summed E-state index contributed by atoms with van der Waals surface area (Å²) >= 11 is 0. The molecule has 0 aliphatic heterocycles. The zero-order valence-corrected chi connectivity index (χ0v) is 8.35. The summed E-state index contributed by atoms with van der Waals surface area (Å²) < 4.78 is 37.1. The predicted molar refractivity (Wildman–Crippen MR) is 54.9 cm³/mol. The molecule has 2 amide bonds. The van der Waals surface area contributed by atoms with Gasteiger partial charge in [0.2, 0.25) is 0 Å². The standard InChI is InChI=1S/C9H8BF3N2O/c1-14-8(16)15-7-3-5(9(11,12)13)2-6(10)4-7/h2-4H,1H3,(H2,14,15,16). The molecule has 7 heteroatoms. The van der Waals surface area contributed by atoms with Crippen molar-refractivity contribution < 1.29 is 18.0 Å². The molecule has 0 aromatic heterocycles. The number of alkyl halides is 3. The molecule has 0 saturated heterocycles. The number of anilines is 1. The van der Waals surface area contributed by atoms with Crippen LogP contribution in [0.5, 0.6) is 0 Å². The summed E-state index contributed by atoms with van der Waals surface area (Å²) in [7, 11) is 6.66. The van der Waals surface area contributed by atoms with Gasteiger partial charge >= 0.3 is 12.2 Å². The maximum Gasteiger partial charge on any atom is 0.416 e. The summed E-state index contributed by atoms with van der Waals surface area (Å²) in [4.78, 5) is 10.9. The van der Waals surface area contributed by atoms with Gasteiger partial charge in [-0.2, -0.15) is 13.2 Å². The van der Waals surface area contributed by atoms with Crippen LogP contribution in [-0.4, -0.2) is 20.9 Å². The molecule has 0 aliphatic rings. The van der Waals surface area contributed by atoms with Crippen molar-refractivity contribution in [2.75, 3.05) is 12.4 Å². The lowest BCUT2D eigenvalue weighted by Crippen LogP contribution is -2.25. The second-order valence-corrected chi connectivity index (χ2v) is 3.05. The van der Waals surface area contributed by atoms with Crippen molar-refractivity contribution in [1.82, 2.24) is 5.32 Å². The van der Waals surface area contributed by atoms with Gasteiger partial charge in [0, 0.05) is 12.7 Å². The summed E-state index contributed by atoms with van der Waals surface area (Å²) in [5, 5.41) is 4.43. The molecule has 1 rings (SSSR count). The Hall–Kier alpha value is -1.66. The van der Waals surface area contributed by atoms with Gasteiger partial charge in [0.1, 0.15) is 7.85 Å². The molecule has 2 radical (unpaired) electrons. The zero-order valence-electron chi connectivity index (χ0n) is 8.35. The average molecular weight is 228 g/mol. The number of hydrogen-bond acceptors (Lipinski definition) is 1. The number of rotatable bonds is 1. The van der Waals surface area contributed by atoms with Crippen LogP contribution in [0.4, 0.5) is 23.7 Å². The Morgan fingerprint density at radius 1 is 1.31 bits per heavy atom. The minimum absolute atomic E-state index is 0.00771. The van der Waals surface area contributed by atoms with E-state index < -0.39 is 17.8 Å². The van der Waals surface area contributed by atoms with Gasteiger partial charge in [-0.1, -0.05) is 11.5 Å². The van der Waals surface area contributed by atoms with Crippen LogP contribution in [0.25, 0.3) is 0 Å². The van der Waals surface area contributed by atoms with Crippen molar-refractivity contribution in [3.63, 3.8) is 0 Å². The largest absolute Gasteiger partial charge is 0.416 e. The van der Waals surface area contributed by atoms with E-state index in [2.05, 4.69) is 10.6 Å². The quantitative estimate of drug-likeness (QED) is 0.697. The first-order valence-electron chi connectivity index (χ1n) is 4.29. The van der Waals surface area contributed by atoms with Crippen molar-refractivity contribution in [2.24, 2.45) is 0 Å². The topological polar surface area (TPSA) is 41.1 Å². The van der Waals surface area contributed by atoms with Crippen LogP contribution >= 0.6 is 0 Å². The van der Waals surface area contributed by atoms with E-state index in [4.69, 9.17) is 7.85 Å². The smallest absolute Gasteiger partial charge is 0.341 e. The summed E-state index contributed by atoms with van der Waals surface area (Å²) in [5.74, 6) is 0. The van der Waals surface area contributed by atoms with Gasteiger partial charge in [-0.05, 0) is 12.1 Å². The SMILES string of the molecule is [B]c1cc(NC(=O)NC)cc(C(F)(F)F)c1. The van der Waals surface area contributed by atoms with E-state index in [0.29, 0.717) is 0 Å². The van der Waals surface area contributed by atoms with Crippen LogP contribution in [0.2, 0.25) is 0 Å². The second kappa shape index (κ2) is 4.46. The second-order valence-electron chi connectivity index (χ2n) is 3.05. The van der Waals surface area contributed by atoms with E-state index in [1.54, 1.807) is 0 Å². The van der Waals surface area contributed by atoms with E-state index >= 15 is 0 Å². The lowest BCUT2D eigenvalue weighted by Gasteiger charge is -2.11. The third kappa shape index (κ3) is 3.18. The fourth-order valence-electron chi connectivity index (χ4n) is 1.08. The number of carbonyl (C=O) groups excluding carboxylic acids is 1. The highest BCUT2D eigenvalue weighted by Gasteiger charge is 2.30. The van der Waals surface area contributed by atoms with Crippen LogP contribution in [0.15, 0.2) is 18.2 Å². The Morgan fingerprint density at radius 2 is 1.94 bits per heavy atom. The number of hydrogen-bond donors (Lipinski definition) is 2. The van der Waals surface area contributed by atoms with Gasteiger partial charge < -0.3 is 10.6 Å². The van der Waals surface area contributed by atoms with Crippen molar-refractivity contribution >= 4 is 25.0 Å². The highest BCUT2D eigenvalue weighted by atomic mass is 19.4. The maximum absolute atomic E-state index is 12.4. The number of halogens is 3. The molecule has 0 atom stereocenters. The highest BCUT2D eigenvalue weighted by Crippen LogP contribution is 2.29. The predicted octanol–water partition coefficient (Wildman–Crippen LogP) is 1.25. The average Bonchev–Trinajstić information content (AvgIpc) is 2.15. The van der Waals surface area contributed by atoms with Gasteiger partial charge in [-0.15, -0.1) is 0 Å². The van der Waals surface area contributed by atoms with E-state index in [-0.39, 0.29) is 11.2 Å². The number of urea groups is 1. The first-order valence-corrected chi connectivity index (χ1v) is 4.29. The van der Waals surface area contributed by atoms with Crippen LogP contribution < -0.4 is 16.1 Å². The molecular weight excluding hydrogens is 220 g/mol. The molecule has 2 N–H and O–H groups in total. The molecule has 0 aliphatic carbocycles. The Morgan fingerprint density at radius 3 is 2.44 bits per heavy atom. The van der Waals surface area contributed by atoms with Gasteiger partial charge in [-0.25, -0.2) is 4.79 Å². The molecular formula is C9H8BF3N2O. The van der Waals surface area contributed by atoms with Crippen molar-refractivity contribution in [3.8, 4) is 0 Å². The lowest BCUT2D eigenvalue weighted by molar-refractivity contribution is -0.137. The molecule has 0 saturated carbocycles. The Balaban J connectivity index is 3.04. The monoisotopic (exact) mass is 228 g/mol. The third-order valence-corrected chi connectivity index (χ3v) is 1.77. The van der Waals surface area contributed by atoms with Crippen molar-refractivity contribution in [2.45, 2.75) is 6.18 Å². The van der Waals surface area contributed by atoms with E-state index in [9.17, 15) is 18.0 Å². The highest BCUT2D eigenvalue weighted by molar-refractivity contribution is 6.32. The van der Waals surface area contributed by atoms with Crippen LogP contribution in [0, 0.1) is 0 Å². The van der Waals surface area contributed by atoms with Gasteiger partial charge in [0.25, 0.3) is 0 Å². The van der Waals surface area contributed by atoms with E-state index in [0.717, 1.165) is 12.1 Å². The fourth-order valence-corrected chi connectivity index (χ4v) is 1.08. The minimum Gasteiger partial charge on any atom is -0.341 e. The lowest BCUT2D eigenvalue weighted by atomic mass is 9.93. The Kier molecular flexibility index (Phi) is 3.46. The number of carbonyl (C=O) groups is 1. The maximum atomic E-state index is 12.4. The molecule has 16 heavy (non-hydrogen) atoms. The van der Waals surface area contributed by atoms with Gasteiger partial charge in [0.15, 0.2) is 0 Å². The molecule has 0 bridgehead atoms. The first-order chi connectivity index (χ1) is 7.32. The van der Waals surface area contributed by atoms with Crippen molar-refractivity contribution in [1.29, 1.82) is 0 Å². The summed E-state index contributed by atoms with van der Waals surface area (Å²) in [6.45, 7) is 0. The minimum atomic E-state index is -4.49. The van der Waals surface area contributed by atoms with Crippen molar-refractivity contribution in [3.05, 3.63) is 23.8 Å². The molecule has 3 nitrogen and oxygen atoms in total. The molecule has 84 valence electrons. The molecule has 0 spiro atoms. The van der Waals surface area contributed by atoms with E-state index in [1.165, 1.54) is 13.1 Å². The summed E-state index contributed by atoms with van der Waals surface area (Å²) in [6, 6.07) is 2.24. The van der Waals surface area contributed by atoms with Crippen LogP contribution in [0.3, 0.4) is 0 Å². The first kappa shape index (κ1) is 12.4. The molecule has 0 fully saturated rings. The Labute approximate surface area is 91.4 Å². The van der Waals surface area contributed by atoms with Gasteiger partial charge in [0.05, 0.1) is 5.56 Å². The number of amides is 2. The zero-order chi connectivity index (χ0) is 12.3. The third-order valence-electron chi connectivity index (χ3n) is 1.77. The van der Waals surface area contributed by atoms with E-state index in [1.807, 2.05) is 0 Å². The summed E-state index contributed by atoms with van der Waals surface area (Å²) in [5.41, 5.74) is -0.980. The fraction of sp³-hybridized carbons (Fsp3) is 0.222. The molecule has 1 aromatic carbocycles.